The van der Waals surface area contributed by atoms with Crippen molar-refractivity contribution in [3.8, 4) is 0 Å². The van der Waals surface area contributed by atoms with Gasteiger partial charge in [-0.15, -0.1) is 0 Å². The highest BCUT2D eigenvalue weighted by molar-refractivity contribution is 5.98. The third-order valence-corrected chi connectivity index (χ3v) is 4.05. The number of likely N-dealkylation sites (N-methyl/N-ethyl adjacent to an activating group) is 1. The second-order valence-corrected chi connectivity index (χ2v) is 6.18. The van der Waals surface area contributed by atoms with Crippen LogP contribution in [0.2, 0.25) is 0 Å². The second-order valence-electron chi connectivity index (χ2n) is 6.18. The summed E-state index contributed by atoms with van der Waals surface area (Å²) < 4.78 is 39.8. The SMILES string of the molecule is Cc1cc(C(F)(F)F)nc(CCNC(=O)c2cc3n(n2)CCN(C)C3=O)n1. The minimum atomic E-state index is -4.55. The summed E-state index contributed by atoms with van der Waals surface area (Å²) in [6.07, 6.45) is -4.52. The Balaban J connectivity index is 1.63. The van der Waals surface area contributed by atoms with Crippen LogP contribution in [0.25, 0.3) is 0 Å². The number of amides is 2. The Labute approximate surface area is 152 Å². The molecule has 0 aliphatic carbocycles. The van der Waals surface area contributed by atoms with Crippen LogP contribution in [0.5, 0.6) is 0 Å². The quantitative estimate of drug-likeness (QED) is 0.854. The zero-order valence-corrected chi connectivity index (χ0v) is 14.7. The average molecular weight is 382 g/mol. The lowest BCUT2D eigenvalue weighted by atomic mass is 10.2. The zero-order valence-electron chi connectivity index (χ0n) is 14.7. The molecule has 2 aromatic heterocycles. The van der Waals surface area contributed by atoms with Gasteiger partial charge in [-0.1, -0.05) is 0 Å². The highest BCUT2D eigenvalue weighted by Gasteiger charge is 2.33. The maximum Gasteiger partial charge on any atom is 0.433 e. The topological polar surface area (TPSA) is 93.0 Å². The number of carbonyl (C=O) groups is 2. The van der Waals surface area contributed by atoms with Crippen molar-refractivity contribution in [1.29, 1.82) is 0 Å². The van der Waals surface area contributed by atoms with E-state index >= 15 is 0 Å². The molecule has 3 rings (SSSR count). The van der Waals surface area contributed by atoms with Crippen LogP contribution >= 0.6 is 0 Å². The summed E-state index contributed by atoms with van der Waals surface area (Å²) in [7, 11) is 1.66. The normalized spacial score (nSPS) is 14.3. The molecule has 0 atom stereocenters. The molecule has 1 aliphatic rings. The number of nitrogens with one attached hydrogen (secondary N) is 1. The van der Waals surface area contributed by atoms with Gasteiger partial charge in [-0.2, -0.15) is 18.3 Å². The number of hydrogen-bond acceptors (Lipinski definition) is 5. The maximum absolute atomic E-state index is 12.8. The van der Waals surface area contributed by atoms with Gasteiger partial charge in [0.15, 0.2) is 5.69 Å². The smallest absolute Gasteiger partial charge is 0.350 e. The van der Waals surface area contributed by atoms with E-state index in [2.05, 4.69) is 20.4 Å². The van der Waals surface area contributed by atoms with Crippen molar-refractivity contribution in [3.05, 3.63) is 40.7 Å². The van der Waals surface area contributed by atoms with E-state index in [1.165, 1.54) is 22.6 Å². The standard InChI is InChI=1S/C16H17F3N6O2/c1-9-7-12(16(17,18)19)22-13(21-9)3-4-20-14(26)10-8-11-15(27)24(2)5-6-25(11)23-10/h7-8H,3-6H2,1-2H3,(H,20,26). The Morgan fingerprint density at radius 2 is 2.00 bits per heavy atom. The lowest BCUT2D eigenvalue weighted by molar-refractivity contribution is -0.141. The number of rotatable bonds is 4. The molecule has 144 valence electrons. The van der Waals surface area contributed by atoms with E-state index < -0.39 is 17.8 Å². The fourth-order valence-electron chi connectivity index (χ4n) is 2.68. The van der Waals surface area contributed by atoms with Crippen LogP contribution in [-0.2, 0) is 19.1 Å². The third kappa shape index (κ3) is 4.07. The first-order valence-corrected chi connectivity index (χ1v) is 8.18. The molecule has 0 fully saturated rings. The van der Waals surface area contributed by atoms with Crippen molar-refractivity contribution in [2.45, 2.75) is 26.1 Å². The third-order valence-electron chi connectivity index (χ3n) is 4.05. The predicted molar refractivity (Wildman–Crippen MR) is 87.0 cm³/mol. The number of alkyl halides is 3. The van der Waals surface area contributed by atoms with E-state index in [0.717, 1.165) is 6.07 Å². The highest BCUT2D eigenvalue weighted by atomic mass is 19.4. The number of carbonyl (C=O) groups excluding carboxylic acids is 2. The van der Waals surface area contributed by atoms with E-state index in [0.29, 0.717) is 18.8 Å². The van der Waals surface area contributed by atoms with E-state index in [1.54, 1.807) is 7.05 Å². The molecule has 0 saturated heterocycles. The van der Waals surface area contributed by atoms with Crippen molar-refractivity contribution in [2.24, 2.45) is 0 Å². The van der Waals surface area contributed by atoms with Gasteiger partial charge in [0.05, 0.1) is 6.54 Å². The fourth-order valence-corrected chi connectivity index (χ4v) is 2.68. The molecule has 0 saturated carbocycles. The lowest BCUT2D eigenvalue weighted by Crippen LogP contribution is -2.37. The summed E-state index contributed by atoms with van der Waals surface area (Å²) in [5.41, 5.74) is -0.413. The molecular weight excluding hydrogens is 365 g/mol. The Hall–Kier alpha value is -2.98. The Bertz CT molecular complexity index is 893. The van der Waals surface area contributed by atoms with Gasteiger partial charge < -0.3 is 10.2 Å². The number of aryl methyl sites for hydroxylation is 1. The van der Waals surface area contributed by atoms with Gasteiger partial charge in [0.25, 0.3) is 11.8 Å². The summed E-state index contributed by atoms with van der Waals surface area (Å²) in [6, 6.07) is 2.27. The summed E-state index contributed by atoms with van der Waals surface area (Å²) in [6.45, 7) is 2.47. The van der Waals surface area contributed by atoms with Crippen molar-refractivity contribution in [2.75, 3.05) is 20.1 Å². The highest BCUT2D eigenvalue weighted by Crippen LogP contribution is 2.27. The summed E-state index contributed by atoms with van der Waals surface area (Å²) in [4.78, 5) is 33.2. The van der Waals surface area contributed by atoms with Crippen LogP contribution in [0.15, 0.2) is 12.1 Å². The van der Waals surface area contributed by atoms with Crippen LogP contribution in [0.3, 0.4) is 0 Å². The molecule has 2 amide bonds. The minimum absolute atomic E-state index is 0.0106. The molecule has 0 unspecified atom stereocenters. The average Bonchev–Trinajstić information content (AvgIpc) is 3.02. The number of hydrogen-bond donors (Lipinski definition) is 1. The molecule has 0 spiro atoms. The van der Waals surface area contributed by atoms with E-state index in [4.69, 9.17) is 0 Å². The van der Waals surface area contributed by atoms with Crippen molar-refractivity contribution in [3.63, 3.8) is 0 Å². The molecule has 0 radical (unpaired) electrons. The summed E-state index contributed by atoms with van der Waals surface area (Å²) in [5, 5.41) is 6.66. The molecule has 0 bridgehead atoms. The van der Waals surface area contributed by atoms with Gasteiger partial charge in [-0.05, 0) is 13.0 Å². The molecule has 0 aromatic carbocycles. The first kappa shape index (κ1) is 18.8. The molecule has 1 aliphatic heterocycles. The van der Waals surface area contributed by atoms with Gasteiger partial charge in [-0.3, -0.25) is 14.3 Å². The predicted octanol–water partition coefficient (Wildman–Crippen LogP) is 1.06. The number of halogens is 3. The zero-order chi connectivity index (χ0) is 19.8. The van der Waals surface area contributed by atoms with Gasteiger partial charge >= 0.3 is 6.18 Å². The van der Waals surface area contributed by atoms with Crippen LogP contribution in [-0.4, -0.2) is 56.6 Å². The minimum Gasteiger partial charge on any atom is -0.350 e. The van der Waals surface area contributed by atoms with Gasteiger partial charge in [0.1, 0.15) is 17.2 Å². The first-order valence-electron chi connectivity index (χ1n) is 8.18. The molecule has 2 aromatic rings. The van der Waals surface area contributed by atoms with Gasteiger partial charge in [0, 0.05) is 38.3 Å². The van der Waals surface area contributed by atoms with Crippen molar-refractivity contribution < 1.29 is 22.8 Å². The summed E-state index contributed by atoms with van der Waals surface area (Å²) in [5.74, 6) is -0.750. The van der Waals surface area contributed by atoms with Crippen LogP contribution < -0.4 is 5.32 Å². The largest absolute Gasteiger partial charge is 0.433 e. The van der Waals surface area contributed by atoms with E-state index in [9.17, 15) is 22.8 Å². The second kappa shape index (κ2) is 6.97. The van der Waals surface area contributed by atoms with Crippen molar-refractivity contribution in [1.82, 2.24) is 30.0 Å². The molecule has 1 N–H and O–H groups in total. The van der Waals surface area contributed by atoms with Gasteiger partial charge in [-0.25, -0.2) is 9.97 Å². The first-order chi connectivity index (χ1) is 12.6. The van der Waals surface area contributed by atoms with E-state index in [1.807, 2.05) is 0 Å². The number of aromatic nitrogens is 4. The Kier molecular flexibility index (Phi) is 4.85. The molecule has 3 heterocycles. The molecule has 27 heavy (non-hydrogen) atoms. The van der Waals surface area contributed by atoms with Gasteiger partial charge in [0.2, 0.25) is 0 Å². The Morgan fingerprint density at radius 3 is 2.70 bits per heavy atom. The molecule has 8 nitrogen and oxygen atoms in total. The number of fused-ring (bicyclic) bond motifs is 1. The monoisotopic (exact) mass is 382 g/mol. The summed E-state index contributed by atoms with van der Waals surface area (Å²) >= 11 is 0. The maximum atomic E-state index is 12.8. The fraction of sp³-hybridized carbons (Fsp3) is 0.438. The molecule has 11 heteroatoms. The number of nitrogens with zero attached hydrogens (tertiary/aromatic N) is 5. The van der Waals surface area contributed by atoms with E-state index in [-0.39, 0.29) is 36.1 Å². The Morgan fingerprint density at radius 1 is 1.26 bits per heavy atom. The van der Waals surface area contributed by atoms with Crippen LogP contribution in [0, 0.1) is 6.92 Å². The van der Waals surface area contributed by atoms with Crippen LogP contribution in [0.4, 0.5) is 13.2 Å². The van der Waals surface area contributed by atoms with Crippen LogP contribution in [0.1, 0.15) is 38.2 Å². The molecular formula is C16H17F3N6O2. The lowest BCUT2D eigenvalue weighted by Gasteiger charge is -2.22. The van der Waals surface area contributed by atoms with Crippen molar-refractivity contribution >= 4 is 11.8 Å².